The summed E-state index contributed by atoms with van der Waals surface area (Å²) in [6, 6.07) is 13.7. The van der Waals surface area contributed by atoms with Crippen LogP contribution in [-0.4, -0.2) is 57.8 Å². The fourth-order valence-corrected chi connectivity index (χ4v) is 3.16. The fourth-order valence-electron chi connectivity index (χ4n) is 2.65. The number of carbonyl (C=O) groups is 2. The number of nitrogens with zero attached hydrogens (tertiary/aromatic N) is 2. The molecule has 0 aliphatic rings. The van der Waals surface area contributed by atoms with Gasteiger partial charge in [-0.2, -0.15) is 13.2 Å². The van der Waals surface area contributed by atoms with E-state index in [1.807, 2.05) is 0 Å². The van der Waals surface area contributed by atoms with Gasteiger partial charge in [-0.1, -0.05) is 42.5 Å². The van der Waals surface area contributed by atoms with Gasteiger partial charge >= 0.3 is 12.1 Å². The minimum absolute atomic E-state index is 0.0129. The van der Waals surface area contributed by atoms with Crippen LogP contribution in [0.4, 0.5) is 18.9 Å². The van der Waals surface area contributed by atoms with Crippen LogP contribution >= 0.6 is 0 Å². The second-order valence-corrected chi connectivity index (χ2v) is 8.69. The number of hydrogen-bond donors (Lipinski definition) is 0. The summed E-state index contributed by atoms with van der Waals surface area (Å²) >= 11 is 0. The van der Waals surface area contributed by atoms with Crippen molar-refractivity contribution in [3.8, 4) is 0 Å². The fraction of sp³-hybridized carbons (Fsp3) is 0.300. The van der Waals surface area contributed by atoms with Crippen molar-refractivity contribution < 1.29 is 35.9 Å². The van der Waals surface area contributed by atoms with Gasteiger partial charge in [-0.15, -0.1) is 0 Å². The molecular formula is C20H21F3N2O5S. The first-order valence-electron chi connectivity index (χ1n) is 8.97. The van der Waals surface area contributed by atoms with Gasteiger partial charge in [0.25, 0.3) is 5.91 Å². The second kappa shape index (κ2) is 9.82. The molecule has 0 unspecified atom stereocenters. The van der Waals surface area contributed by atoms with E-state index >= 15 is 0 Å². The normalized spacial score (nSPS) is 11.6. The van der Waals surface area contributed by atoms with Gasteiger partial charge in [0.2, 0.25) is 10.0 Å². The first kappa shape index (κ1) is 24.2. The Morgan fingerprint density at radius 2 is 1.58 bits per heavy atom. The maximum absolute atomic E-state index is 12.9. The smallest absolute Gasteiger partial charge is 0.406 e. The van der Waals surface area contributed by atoms with Crippen LogP contribution in [0.2, 0.25) is 0 Å². The number of hydrogen-bond acceptors (Lipinski definition) is 5. The summed E-state index contributed by atoms with van der Waals surface area (Å²) in [6.45, 7) is -2.76. The predicted octanol–water partition coefficient (Wildman–Crippen LogP) is 2.83. The molecular weight excluding hydrogens is 437 g/mol. The van der Waals surface area contributed by atoms with E-state index in [0.717, 1.165) is 10.6 Å². The first-order valence-corrected chi connectivity index (χ1v) is 10.8. The Labute approximate surface area is 178 Å². The van der Waals surface area contributed by atoms with Gasteiger partial charge < -0.3 is 9.64 Å². The standard InChI is InChI=1S/C20H21F3N2O5S/c1-24(31(2,28)29)17-11-7-6-10-16(17)19(27)30-13-18(26)25(14-20(21,22)23)12-15-8-4-3-5-9-15/h3-11H,12-14H2,1-2H3. The molecule has 7 nitrogen and oxygen atoms in total. The van der Waals surface area contributed by atoms with Gasteiger partial charge in [-0.3, -0.25) is 9.10 Å². The van der Waals surface area contributed by atoms with Crippen molar-refractivity contribution in [1.82, 2.24) is 4.90 Å². The number of halogens is 3. The minimum atomic E-state index is -4.64. The highest BCUT2D eigenvalue weighted by Gasteiger charge is 2.33. The first-order chi connectivity index (χ1) is 14.4. The zero-order valence-electron chi connectivity index (χ0n) is 16.8. The number of sulfonamides is 1. The summed E-state index contributed by atoms with van der Waals surface area (Å²) in [4.78, 5) is 25.4. The maximum Gasteiger partial charge on any atom is 0.406 e. The third-order valence-corrected chi connectivity index (χ3v) is 5.42. The number of alkyl halides is 3. The SMILES string of the molecule is CN(c1ccccc1C(=O)OCC(=O)N(Cc1ccccc1)CC(F)(F)F)S(C)(=O)=O. The van der Waals surface area contributed by atoms with Crippen molar-refractivity contribution >= 4 is 27.6 Å². The van der Waals surface area contributed by atoms with Crippen molar-refractivity contribution in [3.05, 3.63) is 65.7 Å². The monoisotopic (exact) mass is 458 g/mol. The molecule has 2 aromatic rings. The quantitative estimate of drug-likeness (QED) is 0.568. The average Bonchev–Trinajstić information content (AvgIpc) is 2.69. The van der Waals surface area contributed by atoms with Gasteiger partial charge in [0, 0.05) is 13.6 Å². The lowest BCUT2D eigenvalue weighted by Crippen LogP contribution is -2.40. The van der Waals surface area contributed by atoms with Crippen LogP contribution in [0.5, 0.6) is 0 Å². The number of esters is 1. The molecule has 0 aliphatic carbocycles. The molecule has 0 fully saturated rings. The Morgan fingerprint density at radius 3 is 2.16 bits per heavy atom. The van der Waals surface area contributed by atoms with Crippen LogP contribution in [0, 0.1) is 0 Å². The lowest BCUT2D eigenvalue weighted by molar-refractivity contribution is -0.164. The molecule has 1 amide bonds. The van der Waals surface area contributed by atoms with Crippen LogP contribution in [0.1, 0.15) is 15.9 Å². The molecule has 11 heteroatoms. The van der Waals surface area contributed by atoms with E-state index < -0.39 is 41.2 Å². The maximum atomic E-state index is 12.9. The number of benzene rings is 2. The Morgan fingerprint density at radius 1 is 1.00 bits per heavy atom. The highest BCUT2D eigenvalue weighted by atomic mass is 32.2. The largest absolute Gasteiger partial charge is 0.452 e. The van der Waals surface area contributed by atoms with Crippen molar-refractivity contribution in [3.63, 3.8) is 0 Å². The lowest BCUT2D eigenvalue weighted by atomic mass is 10.2. The Hall–Kier alpha value is -3.08. The Kier molecular flexibility index (Phi) is 7.66. The van der Waals surface area contributed by atoms with Crippen LogP contribution < -0.4 is 4.31 Å². The molecule has 0 radical (unpaired) electrons. The zero-order valence-corrected chi connectivity index (χ0v) is 17.6. The Bertz CT molecular complexity index is 1030. The van der Waals surface area contributed by atoms with Crippen molar-refractivity contribution in [1.29, 1.82) is 0 Å². The van der Waals surface area contributed by atoms with E-state index in [-0.39, 0.29) is 17.8 Å². The van der Waals surface area contributed by atoms with Crippen molar-refractivity contribution in [2.45, 2.75) is 12.7 Å². The molecule has 0 saturated carbocycles. The summed E-state index contributed by atoms with van der Waals surface area (Å²) in [7, 11) is -2.45. The van der Waals surface area contributed by atoms with E-state index in [4.69, 9.17) is 4.74 Å². The number of ether oxygens (including phenoxy) is 1. The summed E-state index contributed by atoms with van der Waals surface area (Å²) in [5.74, 6) is -2.07. The lowest BCUT2D eigenvalue weighted by Gasteiger charge is -2.24. The Balaban J connectivity index is 2.14. The molecule has 0 bridgehead atoms. The summed E-state index contributed by atoms with van der Waals surface area (Å²) in [5.41, 5.74) is 0.346. The molecule has 0 N–H and O–H groups in total. The van der Waals surface area contributed by atoms with Crippen LogP contribution in [0.25, 0.3) is 0 Å². The third kappa shape index (κ3) is 7.28. The number of para-hydroxylation sites is 1. The van der Waals surface area contributed by atoms with Crippen LogP contribution in [0.15, 0.2) is 54.6 Å². The summed E-state index contributed by atoms with van der Waals surface area (Å²) < 4.78 is 68.1. The van der Waals surface area contributed by atoms with Gasteiger partial charge in [-0.25, -0.2) is 13.2 Å². The van der Waals surface area contributed by atoms with E-state index in [2.05, 4.69) is 0 Å². The molecule has 0 atom stereocenters. The van der Waals surface area contributed by atoms with Gasteiger partial charge in [0.05, 0.1) is 17.5 Å². The van der Waals surface area contributed by atoms with E-state index in [1.165, 1.54) is 31.3 Å². The van der Waals surface area contributed by atoms with E-state index in [1.54, 1.807) is 30.3 Å². The third-order valence-electron chi connectivity index (χ3n) is 4.23. The number of carbonyl (C=O) groups excluding carboxylic acids is 2. The number of rotatable bonds is 8. The minimum Gasteiger partial charge on any atom is -0.452 e. The molecule has 31 heavy (non-hydrogen) atoms. The molecule has 0 aliphatic heterocycles. The molecule has 0 heterocycles. The molecule has 0 saturated heterocycles. The summed E-state index contributed by atoms with van der Waals surface area (Å²) in [5, 5.41) is 0. The number of anilines is 1. The zero-order chi connectivity index (χ0) is 23.2. The highest BCUT2D eigenvalue weighted by Crippen LogP contribution is 2.23. The molecule has 2 rings (SSSR count). The van der Waals surface area contributed by atoms with E-state index in [0.29, 0.717) is 10.5 Å². The molecule has 0 spiro atoms. The van der Waals surface area contributed by atoms with Crippen molar-refractivity contribution in [2.75, 3.05) is 30.8 Å². The van der Waals surface area contributed by atoms with E-state index in [9.17, 15) is 31.2 Å². The number of amides is 1. The van der Waals surface area contributed by atoms with Crippen LogP contribution in [0.3, 0.4) is 0 Å². The van der Waals surface area contributed by atoms with Gasteiger partial charge in [0.1, 0.15) is 6.54 Å². The highest BCUT2D eigenvalue weighted by molar-refractivity contribution is 7.92. The topological polar surface area (TPSA) is 84.0 Å². The molecule has 0 aromatic heterocycles. The predicted molar refractivity (Wildman–Crippen MR) is 108 cm³/mol. The molecule has 168 valence electrons. The van der Waals surface area contributed by atoms with Crippen molar-refractivity contribution in [2.24, 2.45) is 0 Å². The van der Waals surface area contributed by atoms with Gasteiger partial charge in [0.15, 0.2) is 6.61 Å². The second-order valence-electron chi connectivity index (χ2n) is 6.67. The molecule has 2 aromatic carbocycles. The van der Waals surface area contributed by atoms with Crippen LogP contribution in [-0.2, 0) is 26.1 Å². The summed E-state index contributed by atoms with van der Waals surface area (Å²) in [6.07, 6.45) is -3.70. The van der Waals surface area contributed by atoms with Gasteiger partial charge in [-0.05, 0) is 17.7 Å². The average molecular weight is 458 g/mol.